The Kier molecular flexibility index (Phi) is 4.40. The maximum Gasteiger partial charge on any atom is 0.139 e. The molecule has 0 aliphatic heterocycles. The molecule has 2 unspecified atom stereocenters. The highest BCUT2D eigenvalue weighted by atomic mass is 19.1. The van der Waals surface area contributed by atoms with Crippen molar-refractivity contribution in [2.24, 2.45) is 5.92 Å². The minimum atomic E-state index is -0.682. The van der Waals surface area contributed by atoms with E-state index in [-0.39, 0.29) is 28.1 Å². The van der Waals surface area contributed by atoms with E-state index in [4.69, 9.17) is 10.8 Å². The van der Waals surface area contributed by atoms with E-state index < -0.39 is 17.6 Å². The fraction of sp³-hybridized carbons (Fsp3) is 0.312. The van der Waals surface area contributed by atoms with Crippen LogP contribution in [0.4, 0.5) is 8.78 Å². The van der Waals surface area contributed by atoms with Gasteiger partial charge in [0, 0.05) is 34.8 Å². The number of nitrogens with zero attached hydrogens (tertiary/aromatic N) is 1. The molecule has 0 radical (unpaired) electrons. The molecule has 0 bridgehead atoms. The first-order chi connectivity index (χ1) is 9.97. The second kappa shape index (κ2) is 6.08. The topological polar surface area (TPSA) is 60.6 Å². The molecule has 5 heteroatoms. The van der Waals surface area contributed by atoms with Gasteiger partial charge in [-0.15, -0.1) is 0 Å². The van der Waals surface area contributed by atoms with E-state index >= 15 is 0 Å². The number of pyridine rings is 1. The molecule has 0 aliphatic rings. The van der Waals surface area contributed by atoms with Crippen LogP contribution in [0.1, 0.15) is 31.7 Å². The molecule has 110 valence electrons. The monoisotopic (exact) mass is 289 g/mol. The third-order valence-electron chi connectivity index (χ3n) is 3.73. The molecule has 1 aromatic carbocycles. The maximum absolute atomic E-state index is 14.6. The maximum atomic E-state index is 14.6. The van der Waals surface area contributed by atoms with E-state index in [0.29, 0.717) is 6.42 Å². The van der Waals surface area contributed by atoms with Crippen LogP contribution in [0.2, 0.25) is 0 Å². The fourth-order valence-corrected chi connectivity index (χ4v) is 2.45. The Morgan fingerprint density at radius 1 is 1.38 bits per heavy atom. The van der Waals surface area contributed by atoms with Gasteiger partial charge in [0.2, 0.25) is 0 Å². The normalized spacial score (nSPS) is 13.9. The Bertz CT molecular complexity index is 697. The number of hydrogen-bond acceptors (Lipinski definition) is 3. The Labute approximate surface area is 122 Å². The summed E-state index contributed by atoms with van der Waals surface area (Å²) in [7, 11) is 0. The van der Waals surface area contributed by atoms with Gasteiger partial charge in [0.05, 0.1) is 5.52 Å². The van der Waals surface area contributed by atoms with Gasteiger partial charge in [-0.05, 0) is 30.7 Å². The summed E-state index contributed by atoms with van der Waals surface area (Å²) in [4.78, 5) is 3.95. The van der Waals surface area contributed by atoms with Gasteiger partial charge in [-0.3, -0.25) is 4.98 Å². The second-order valence-electron chi connectivity index (χ2n) is 5.17. The first-order valence-corrected chi connectivity index (χ1v) is 6.77. The zero-order chi connectivity index (χ0) is 15.6. The summed E-state index contributed by atoms with van der Waals surface area (Å²) in [6, 6.07) is 4.36. The molecule has 2 aromatic rings. The first-order valence-electron chi connectivity index (χ1n) is 6.77. The van der Waals surface area contributed by atoms with Crippen LogP contribution in [0.3, 0.4) is 0 Å². The zero-order valence-electron chi connectivity index (χ0n) is 12.0. The number of nitrogens with one attached hydrogen (secondary N) is 2. The van der Waals surface area contributed by atoms with E-state index in [1.807, 2.05) is 0 Å². The summed E-state index contributed by atoms with van der Waals surface area (Å²) in [5.41, 5.74) is 0.388. The van der Waals surface area contributed by atoms with E-state index in [1.165, 1.54) is 18.5 Å². The Balaban J connectivity index is 2.50. The number of hydrogen-bond donors (Lipinski definition) is 2. The largest absolute Gasteiger partial charge is 0.313 e. The molecule has 2 N–H and O–H groups in total. The van der Waals surface area contributed by atoms with Crippen LogP contribution in [0.5, 0.6) is 0 Å². The Morgan fingerprint density at radius 3 is 2.76 bits per heavy atom. The molecule has 0 spiro atoms. The average molecular weight is 289 g/mol. The third-order valence-corrected chi connectivity index (χ3v) is 3.73. The van der Waals surface area contributed by atoms with Gasteiger partial charge in [-0.1, -0.05) is 13.8 Å². The fourth-order valence-electron chi connectivity index (χ4n) is 2.45. The van der Waals surface area contributed by atoms with Crippen LogP contribution in [0, 0.1) is 28.4 Å². The van der Waals surface area contributed by atoms with Gasteiger partial charge in [0.25, 0.3) is 0 Å². The summed E-state index contributed by atoms with van der Waals surface area (Å²) in [6.45, 7) is 3.40. The molecule has 0 saturated heterocycles. The van der Waals surface area contributed by atoms with Crippen molar-refractivity contribution in [3.63, 3.8) is 0 Å². The molecular formula is C16H17F2N3. The van der Waals surface area contributed by atoms with Gasteiger partial charge < -0.3 is 10.8 Å². The predicted molar refractivity (Wildman–Crippen MR) is 80.4 cm³/mol. The van der Waals surface area contributed by atoms with Crippen molar-refractivity contribution in [1.29, 1.82) is 10.8 Å². The zero-order valence-corrected chi connectivity index (χ0v) is 12.0. The average Bonchev–Trinajstić information content (AvgIpc) is 2.46. The lowest BCUT2D eigenvalue weighted by Gasteiger charge is -2.20. The van der Waals surface area contributed by atoms with Crippen molar-refractivity contribution < 1.29 is 8.78 Å². The molecule has 21 heavy (non-hydrogen) atoms. The molecule has 1 aromatic heterocycles. The van der Waals surface area contributed by atoms with E-state index in [0.717, 1.165) is 0 Å². The van der Waals surface area contributed by atoms with Crippen molar-refractivity contribution >= 4 is 22.8 Å². The third kappa shape index (κ3) is 2.82. The van der Waals surface area contributed by atoms with E-state index in [2.05, 4.69) is 4.98 Å². The first kappa shape index (κ1) is 15.2. The van der Waals surface area contributed by atoms with Gasteiger partial charge in [-0.2, -0.15) is 0 Å². The molecule has 0 amide bonds. The van der Waals surface area contributed by atoms with Crippen molar-refractivity contribution in [2.45, 2.75) is 26.2 Å². The number of rotatable bonds is 5. The SMILES string of the molecule is CC(CC=N)C(=N)C(C)c1c(F)cc2ncccc2c1F. The van der Waals surface area contributed by atoms with Crippen molar-refractivity contribution in [2.75, 3.05) is 0 Å². The van der Waals surface area contributed by atoms with E-state index in [9.17, 15) is 8.78 Å². The molecular weight excluding hydrogens is 272 g/mol. The molecule has 2 rings (SSSR count). The Hall–Kier alpha value is -2.17. The smallest absolute Gasteiger partial charge is 0.139 e. The summed E-state index contributed by atoms with van der Waals surface area (Å²) in [5.74, 6) is -2.24. The predicted octanol–water partition coefficient (Wildman–Crippen LogP) is 4.31. The number of benzene rings is 1. The number of halogens is 2. The van der Waals surface area contributed by atoms with E-state index in [1.54, 1.807) is 26.0 Å². The number of fused-ring (bicyclic) bond motifs is 1. The van der Waals surface area contributed by atoms with Gasteiger partial charge in [-0.25, -0.2) is 8.78 Å². The number of aromatic nitrogens is 1. The van der Waals surface area contributed by atoms with Crippen LogP contribution in [0.15, 0.2) is 24.4 Å². The van der Waals surface area contributed by atoms with Gasteiger partial charge >= 0.3 is 0 Å². The van der Waals surface area contributed by atoms with Crippen LogP contribution >= 0.6 is 0 Å². The summed E-state index contributed by atoms with van der Waals surface area (Å²) >= 11 is 0. The van der Waals surface area contributed by atoms with Crippen molar-refractivity contribution in [3.8, 4) is 0 Å². The molecule has 0 saturated carbocycles. The highest BCUT2D eigenvalue weighted by Crippen LogP contribution is 2.30. The lowest BCUT2D eigenvalue weighted by molar-refractivity contribution is 0.557. The standard InChI is InChI=1S/C16H17F2N3/c1-9(5-6-19)16(20)10(2)14-12(17)8-13-11(15(14)18)4-3-7-21-13/h3-4,6-10,19-20H,5H2,1-2H3. The minimum absolute atomic E-state index is 0.0997. The molecule has 1 heterocycles. The van der Waals surface area contributed by atoms with Crippen LogP contribution in [-0.4, -0.2) is 16.9 Å². The molecule has 0 fully saturated rings. The van der Waals surface area contributed by atoms with Crippen molar-refractivity contribution in [1.82, 2.24) is 4.98 Å². The summed E-state index contributed by atoms with van der Waals surface area (Å²) in [5, 5.41) is 15.4. The van der Waals surface area contributed by atoms with Gasteiger partial charge in [0.1, 0.15) is 11.6 Å². The highest BCUT2D eigenvalue weighted by Gasteiger charge is 2.25. The molecule has 2 atom stereocenters. The lowest BCUT2D eigenvalue weighted by Crippen LogP contribution is -2.19. The molecule has 3 nitrogen and oxygen atoms in total. The van der Waals surface area contributed by atoms with Crippen LogP contribution in [0.25, 0.3) is 10.9 Å². The lowest BCUT2D eigenvalue weighted by atomic mass is 9.86. The van der Waals surface area contributed by atoms with Crippen LogP contribution < -0.4 is 0 Å². The second-order valence-corrected chi connectivity index (χ2v) is 5.17. The Morgan fingerprint density at radius 2 is 2.10 bits per heavy atom. The molecule has 0 aliphatic carbocycles. The highest BCUT2D eigenvalue weighted by molar-refractivity contribution is 5.92. The summed E-state index contributed by atoms with van der Waals surface area (Å²) in [6.07, 6.45) is 3.09. The quantitative estimate of drug-likeness (QED) is 0.791. The minimum Gasteiger partial charge on any atom is -0.313 e. The summed E-state index contributed by atoms with van der Waals surface area (Å²) < 4.78 is 28.8. The van der Waals surface area contributed by atoms with Crippen LogP contribution in [-0.2, 0) is 0 Å². The van der Waals surface area contributed by atoms with Gasteiger partial charge in [0.15, 0.2) is 0 Å². The van der Waals surface area contributed by atoms with Crippen molar-refractivity contribution in [3.05, 3.63) is 41.6 Å².